The van der Waals surface area contributed by atoms with Crippen molar-refractivity contribution in [1.82, 2.24) is 0 Å². The van der Waals surface area contributed by atoms with Crippen molar-refractivity contribution in [3.63, 3.8) is 0 Å². The number of carbonyl (C=O) groups is 1. The minimum absolute atomic E-state index is 0.1000. The molecule has 2 aromatic carbocycles. The van der Waals surface area contributed by atoms with Crippen LogP contribution in [0.15, 0.2) is 42.2 Å². The van der Waals surface area contributed by atoms with Crippen LogP contribution in [0, 0.1) is 0 Å². The smallest absolute Gasteiger partial charge is 0.416 e. The number of benzene rings is 2. The first-order valence-corrected chi connectivity index (χ1v) is 8.60. The van der Waals surface area contributed by atoms with Gasteiger partial charge in [-0.2, -0.15) is 13.2 Å². The lowest BCUT2D eigenvalue weighted by Gasteiger charge is -2.33. The van der Waals surface area contributed by atoms with Gasteiger partial charge in [-0.05, 0) is 62.6 Å². The Morgan fingerprint density at radius 2 is 1.78 bits per heavy atom. The molecule has 0 unspecified atom stereocenters. The summed E-state index contributed by atoms with van der Waals surface area (Å²) >= 11 is 0. The third kappa shape index (κ3) is 3.20. The molecule has 0 saturated carbocycles. The number of hydrogen-bond donors (Lipinski definition) is 0. The van der Waals surface area contributed by atoms with E-state index in [-0.39, 0.29) is 17.1 Å². The minimum atomic E-state index is -4.39. The van der Waals surface area contributed by atoms with Crippen LogP contribution < -0.4 is 9.47 Å². The van der Waals surface area contributed by atoms with Crippen molar-refractivity contribution >= 4 is 11.9 Å². The summed E-state index contributed by atoms with van der Waals surface area (Å²) in [6, 6.07) is 8.05. The summed E-state index contributed by atoms with van der Waals surface area (Å²) in [5.41, 5.74) is 0.764. The van der Waals surface area contributed by atoms with E-state index in [4.69, 9.17) is 9.47 Å². The first-order chi connectivity index (χ1) is 12.6. The summed E-state index contributed by atoms with van der Waals surface area (Å²) < 4.78 is 49.8. The number of rotatable bonds is 1. The number of ether oxygens (including phenoxy) is 2. The normalized spacial score (nSPS) is 19.3. The second kappa shape index (κ2) is 5.87. The van der Waals surface area contributed by atoms with E-state index in [9.17, 15) is 18.0 Å². The molecule has 6 heteroatoms. The molecule has 0 N–H and O–H groups in total. The van der Waals surface area contributed by atoms with Crippen molar-refractivity contribution in [3.8, 4) is 11.5 Å². The molecule has 0 radical (unpaired) electrons. The quantitative estimate of drug-likeness (QED) is 0.625. The molecule has 2 aliphatic rings. The van der Waals surface area contributed by atoms with Crippen LogP contribution in [0.3, 0.4) is 0 Å². The van der Waals surface area contributed by atoms with E-state index in [1.165, 1.54) is 18.2 Å². The van der Waals surface area contributed by atoms with Gasteiger partial charge in [0.1, 0.15) is 17.1 Å². The fourth-order valence-corrected chi connectivity index (χ4v) is 3.32. The molecule has 2 aromatic rings. The molecule has 3 nitrogen and oxygen atoms in total. The second-order valence-electron chi connectivity index (χ2n) is 7.34. The Hall–Kier alpha value is -2.76. The van der Waals surface area contributed by atoms with Crippen LogP contribution in [0.5, 0.6) is 11.5 Å². The first kappa shape index (κ1) is 17.6. The summed E-state index contributed by atoms with van der Waals surface area (Å²) in [5.74, 6) is 1.01. The standard InChI is InChI=1S/C21H17F3O3/c1-20(2)10-9-14-16(27-20)8-7-15-18(25)17(26-19(14)15)11-12-3-5-13(6-4-12)21(22,23)24/h3-8,11H,9-10H2,1-2H3/b17-11-. The number of carbonyl (C=O) groups excluding carboxylic acids is 1. The maximum absolute atomic E-state index is 12.7. The van der Waals surface area contributed by atoms with Crippen LogP contribution in [-0.2, 0) is 12.6 Å². The zero-order chi connectivity index (χ0) is 19.4. The van der Waals surface area contributed by atoms with Crippen molar-refractivity contribution in [2.24, 2.45) is 0 Å². The largest absolute Gasteiger partial charge is 0.487 e. The lowest BCUT2D eigenvalue weighted by Crippen LogP contribution is -2.32. The zero-order valence-corrected chi connectivity index (χ0v) is 14.8. The molecule has 0 saturated heterocycles. The highest BCUT2D eigenvalue weighted by Crippen LogP contribution is 2.44. The number of alkyl halides is 3. The Labute approximate surface area is 154 Å². The van der Waals surface area contributed by atoms with Crippen molar-refractivity contribution in [1.29, 1.82) is 0 Å². The summed E-state index contributed by atoms with van der Waals surface area (Å²) in [7, 11) is 0. The number of allylic oxidation sites excluding steroid dienone is 1. The molecular weight excluding hydrogens is 357 g/mol. The van der Waals surface area contributed by atoms with Crippen molar-refractivity contribution in [2.75, 3.05) is 0 Å². The summed E-state index contributed by atoms with van der Waals surface area (Å²) in [6.45, 7) is 4.01. The molecule has 2 heterocycles. The molecule has 0 aliphatic carbocycles. The Balaban J connectivity index is 1.65. The van der Waals surface area contributed by atoms with E-state index >= 15 is 0 Å². The Morgan fingerprint density at radius 3 is 2.44 bits per heavy atom. The van der Waals surface area contributed by atoms with E-state index in [1.807, 2.05) is 13.8 Å². The van der Waals surface area contributed by atoms with Crippen LogP contribution >= 0.6 is 0 Å². The molecule has 0 aromatic heterocycles. The lowest BCUT2D eigenvalue weighted by molar-refractivity contribution is -0.137. The highest BCUT2D eigenvalue weighted by Gasteiger charge is 2.36. The molecular formula is C21H17F3O3. The fraction of sp³-hybridized carbons (Fsp3) is 0.286. The molecule has 27 heavy (non-hydrogen) atoms. The molecule has 0 spiro atoms. The number of fused-ring (bicyclic) bond motifs is 3. The average Bonchev–Trinajstić information content (AvgIpc) is 2.89. The lowest BCUT2D eigenvalue weighted by atomic mass is 9.92. The number of hydrogen-bond acceptors (Lipinski definition) is 3. The van der Waals surface area contributed by atoms with Gasteiger partial charge in [0.05, 0.1) is 11.1 Å². The van der Waals surface area contributed by atoms with Gasteiger partial charge in [-0.25, -0.2) is 0 Å². The van der Waals surface area contributed by atoms with E-state index in [1.54, 1.807) is 12.1 Å². The van der Waals surface area contributed by atoms with Crippen LogP contribution in [-0.4, -0.2) is 11.4 Å². The van der Waals surface area contributed by atoms with Gasteiger partial charge in [-0.1, -0.05) is 12.1 Å². The summed E-state index contributed by atoms with van der Waals surface area (Å²) in [6.07, 6.45) is -1.41. The number of ketones is 1. The van der Waals surface area contributed by atoms with Gasteiger partial charge < -0.3 is 9.47 Å². The Kier molecular flexibility index (Phi) is 3.84. The van der Waals surface area contributed by atoms with Gasteiger partial charge in [-0.15, -0.1) is 0 Å². The number of halogens is 3. The maximum Gasteiger partial charge on any atom is 0.416 e. The summed E-state index contributed by atoms with van der Waals surface area (Å²) in [5, 5.41) is 0. The predicted molar refractivity (Wildman–Crippen MR) is 93.8 cm³/mol. The molecule has 0 atom stereocenters. The average molecular weight is 374 g/mol. The molecule has 2 aliphatic heterocycles. The molecule has 0 bridgehead atoms. The predicted octanol–water partition coefficient (Wildman–Crippen LogP) is 5.43. The van der Waals surface area contributed by atoms with Gasteiger partial charge >= 0.3 is 6.18 Å². The second-order valence-corrected chi connectivity index (χ2v) is 7.34. The van der Waals surface area contributed by atoms with Crippen LogP contribution in [0.2, 0.25) is 0 Å². The van der Waals surface area contributed by atoms with Crippen LogP contribution in [0.4, 0.5) is 13.2 Å². The topological polar surface area (TPSA) is 35.5 Å². The molecule has 0 amide bonds. The third-order valence-corrected chi connectivity index (χ3v) is 4.80. The monoisotopic (exact) mass is 374 g/mol. The highest BCUT2D eigenvalue weighted by molar-refractivity contribution is 6.15. The van der Waals surface area contributed by atoms with Crippen molar-refractivity contribution < 1.29 is 27.4 Å². The van der Waals surface area contributed by atoms with Gasteiger partial charge in [0.25, 0.3) is 0 Å². The van der Waals surface area contributed by atoms with E-state index < -0.39 is 11.7 Å². The van der Waals surface area contributed by atoms with Crippen molar-refractivity contribution in [2.45, 2.75) is 38.5 Å². The van der Waals surface area contributed by atoms with E-state index in [0.717, 1.165) is 30.5 Å². The van der Waals surface area contributed by atoms with Gasteiger partial charge in [0.2, 0.25) is 5.78 Å². The molecule has 4 rings (SSSR count). The highest BCUT2D eigenvalue weighted by atomic mass is 19.4. The van der Waals surface area contributed by atoms with Gasteiger partial charge in [0.15, 0.2) is 5.76 Å². The fourth-order valence-electron chi connectivity index (χ4n) is 3.32. The SMILES string of the molecule is CC1(C)CCc2c(ccc3c2O/C(=C\c2ccc(C(F)(F)F)cc2)C3=O)O1. The Bertz CT molecular complexity index is 954. The summed E-state index contributed by atoms with van der Waals surface area (Å²) in [4.78, 5) is 12.6. The van der Waals surface area contributed by atoms with Gasteiger partial charge in [0, 0.05) is 5.56 Å². The zero-order valence-electron chi connectivity index (χ0n) is 14.8. The van der Waals surface area contributed by atoms with E-state index in [2.05, 4.69) is 0 Å². The third-order valence-electron chi connectivity index (χ3n) is 4.80. The minimum Gasteiger partial charge on any atom is -0.487 e. The Morgan fingerprint density at radius 1 is 1.07 bits per heavy atom. The number of Topliss-reactive ketones (excluding diaryl/α,β-unsaturated/α-hetero) is 1. The first-order valence-electron chi connectivity index (χ1n) is 8.60. The van der Waals surface area contributed by atoms with Gasteiger partial charge in [-0.3, -0.25) is 4.79 Å². The molecule has 0 fully saturated rings. The van der Waals surface area contributed by atoms with Crippen LogP contribution in [0.25, 0.3) is 6.08 Å². The maximum atomic E-state index is 12.7. The van der Waals surface area contributed by atoms with Crippen molar-refractivity contribution in [3.05, 3.63) is 64.4 Å². The molecule has 140 valence electrons. The van der Waals surface area contributed by atoms with Crippen LogP contribution in [0.1, 0.15) is 47.3 Å². The van der Waals surface area contributed by atoms with E-state index in [0.29, 0.717) is 22.6 Å².